The lowest BCUT2D eigenvalue weighted by atomic mass is 9.96. The summed E-state index contributed by atoms with van der Waals surface area (Å²) in [5, 5.41) is 3.78. The maximum absolute atomic E-state index is 13.8. The summed E-state index contributed by atoms with van der Waals surface area (Å²) in [6.07, 6.45) is 3.02. The first-order valence-electron chi connectivity index (χ1n) is 14.5. The number of hydrogen-bond acceptors (Lipinski definition) is 6. The molecule has 2 saturated heterocycles. The summed E-state index contributed by atoms with van der Waals surface area (Å²) in [6, 6.07) is 15.6. The molecule has 2 aromatic carbocycles. The summed E-state index contributed by atoms with van der Waals surface area (Å²) < 4.78 is 11.0. The largest absolute Gasteiger partial charge is 0.493 e. The van der Waals surface area contributed by atoms with Gasteiger partial charge in [-0.05, 0) is 57.4 Å². The van der Waals surface area contributed by atoms with Crippen LogP contribution in [0.5, 0.6) is 11.5 Å². The van der Waals surface area contributed by atoms with Gasteiger partial charge in [0, 0.05) is 71.2 Å². The molecule has 2 aliphatic heterocycles. The van der Waals surface area contributed by atoms with E-state index in [0.29, 0.717) is 35.8 Å². The summed E-state index contributed by atoms with van der Waals surface area (Å²) >= 11 is 8.14. The van der Waals surface area contributed by atoms with E-state index in [0.717, 1.165) is 54.4 Å². The van der Waals surface area contributed by atoms with Gasteiger partial charge in [-0.2, -0.15) is 0 Å². The van der Waals surface area contributed by atoms with E-state index in [2.05, 4.69) is 36.2 Å². The molecule has 224 valence electrons. The first-order chi connectivity index (χ1) is 20.3. The van der Waals surface area contributed by atoms with Crippen molar-refractivity contribution in [3.8, 4) is 21.9 Å². The number of likely N-dealkylation sites (tertiary alicyclic amines) is 1. The third-order valence-electron chi connectivity index (χ3n) is 8.26. The Hall–Kier alpha value is -3.27. The molecule has 42 heavy (non-hydrogen) atoms. The number of halogens is 1. The molecule has 10 heteroatoms. The van der Waals surface area contributed by atoms with Crippen LogP contribution in [0.15, 0.2) is 48.5 Å². The predicted octanol–water partition coefficient (Wildman–Crippen LogP) is 6.84. The number of carbonyl (C=O) groups is 2. The Balaban J connectivity index is 1.25. The third-order valence-corrected chi connectivity index (χ3v) is 9.70. The van der Waals surface area contributed by atoms with Crippen LogP contribution in [-0.2, 0) is 6.54 Å². The van der Waals surface area contributed by atoms with Crippen LogP contribution < -0.4 is 14.8 Å². The van der Waals surface area contributed by atoms with Gasteiger partial charge in [-0.1, -0.05) is 29.8 Å². The molecule has 2 unspecified atom stereocenters. The number of rotatable bonds is 7. The number of nitrogens with one attached hydrogen (secondary N) is 1. The smallest absolute Gasteiger partial charge is 0.321 e. The van der Waals surface area contributed by atoms with E-state index in [1.165, 1.54) is 4.88 Å². The number of hydrogen-bond donors (Lipinski definition) is 1. The topological polar surface area (TPSA) is 74.4 Å². The number of methoxy groups -OCH3 is 2. The molecule has 3 heterocycles. The Bertz CT molecular complexity index is 1410. The molecule has 2 fully saturated rings. The van der Waals surface area contributed by atoms with Gasteiger partial charge in [0.15, 0.2) is 11.5 Å². The molecular formula is C32H39ClN4O4S. The summed E-state index contributed by atoms with van der Waals surface area (Å²) in [5.41, 5.74) is 1.89. The molecule has 3 aromatic rings. The fourth-order valence-electron chi connectivity index (χ4n) is 5.91. The molecule has 0 bridgehead atoms. The Morgan fingerprint density at radius 2 is 1.62 bits per heavy atom. The van der Waals surface area contributed by atoms with Crippen LogP contribution >= 0.6 is 22.9 Å². The first-order valence-corrected chi connectivity index (χ1v) is 15.7. The van der Waals surface area contributed by atoms with Crippen molar-refractivity contribution in [2.24, 2.45) is 0 Å². The Kier molecular flexibility index (Phi) is 9.60. The number of piperazine rings is 1. The number of urea groups is 1. The maximum atomic E-state index is 13.8. The van der Waals surface area contributed by atoms with E-state index in [4.69, 9.17) is 21.1 Å². The van der Waals surface area contributed by atoms with Gasteiger partial charge in [0.05, 0.1) is 25.5 Å². The third kappa shape index (κ3) is 6.53. The lowest BCUT2D eigenvalue weighted by Gasteiger charge is -2.39. The van der Waals surface area contributed by atoms with Crippen molar-refractivity contribution in [3.63, 3.8) is 0 Å². The second kappa shape index (κ2) is 13.4. The van der Waals surface area contributed by atoms with Gasteiger partial charge in [0.25, 0.3) is 5.91 Å². The zero-order valence-electron chi connectivity index (χ0n) is 24.7. The molecule has 1 aromatic heterocycles. The van der Waals surface area contributed by atoms with Crippen molar-refractivity contribution < 1.29 is 19.1 Å². The SMILES string of the molecule is COc1cc(NC(=O)N2CCN(Cc3ccc(-c4ccccc4Cl)s3)CC2)c(C(=O)N2C(C)CCCC2C)cc1OC. The van der Waals surface area contributed by atoms with Gasteiger partial charge in [-0.3, -0.25) is 9.69 Å². The Labute approximate surface area is 257 Å². The van der Waals surface area contributed by atoms with Crippen molar-refractivity contribution in [3.05, 3.63) is 64.0 Å². The van der Waals surface area contributed by atoms with Gasteiger partial charge in [-0.25, -0.2) is 4.79 Å². The van der Waals surface area contributed by atoms with Gasteiger partial charge in [0.1, 0.15) is 0 Å². The highest BCUT2D eigenvalue weighted by Crippen LogP contribution is 2.36. The molecule has 2 atom stereocenters. The molecule has 8 nitrogen and oxygen atoms in total. The van der Waals surface area contributed by atoms with Gasteiger partial charge in [0.2, 0.25) is 0 Å². The monoisotopic (exact) mass is 610 g/mol. The minimum atomic E-state index is -0.229. The van der Waals surface area contributed by atoms with E-state index in [-0.39, 0.29) is 24.0 Å². The number of benzene rings is 2. The highest BCUT2D eigenvalue weighted by molar-refractivity contribution is 7.15. The molecule has 0 saturated carbocycles. The Morgan fingerprint density at radius 1 is 0.952 bits per heavy atom. The molecule has 5 rings (SSSR count). The van der Waals surface area contributed by atoms with Gasteiger partial charge in [-0.15, -0.1) is 11.3 Å². The van der Waals surface area contributed by atoms with Gasteiger partial charge >= 0.3 is 6.03 Å². The molecule has 0 radical (unpaired) electrons. The number of nitrogens with zero attached hydrogens (tertiary/aromatic N) is 3. The number of anilines is 1. The zero-order valence-corrected chi connectivity index (χ0v) is 26.3. The van der Waals surface area contributed by atoms with E-state index >= 15 is 0 Å². The molecular weight excluding hydrogens is 572 g/mol. The molecule has 0 spiro atoms. The Morgan fingerprint density at radius 3 is 2.29 bits per heavy atom. The average Bonchev–Trinajstić information content (AvgIpc) is 3.45. The molecule has 1 N–H and O–H groups in total. The van der Waals surface area contributed by atoms with Crippen molar-refractivity contribution in [1.29, 1.82) is 0 Å². The summed E-state index contributed by atoms with van der Waals surface area (Å²) in [6.45, 7) is 7.68. The van der Waals surface area contributed by atoms with Crippen molar-refractivity contribution in [2.75, 3.05) is 45.7 Å². The number of thiophene rings is 1. The lowest BCUT2D eigenvalue weighted by Crippen LogP contribution is -2.50. The number of carbonyl (C=O) groups excluding carboxylic acids is 2. The standard InChI is InChI=1S/C32H39ClN4O4S/c1-21-8-7-9-22(2)37(21)31(38)25-18-28(40-3)29(41-4)19-27(25)34-32(39)36-16-14-35(15-17-36)20-23-12-13-30(42-23)24-10-5-6-11-26(24)33/h5-6,10-13,18-19,21-22H,7-9,14-17,20H2,1-4H3,(H,34,39). The zero-order chi connectivity index (χ0) is 29.8. The highest BCUT2D eigenvalue weighted by atomic mass is 35.5. The normalized spacial score (nSPS) is 19.5. The van der Waals surface area contributed by atoms with Crippen LogP contribution in [0.25, 0.3) is 10.4 Å². The number of piperidine rings is 1. The van der Waals surface area contributed by atoms with Crippen LogP contribution in [-0.4, -0.2) is 79.1 Å². The minimum Gasteiger partial charge on any atom is -0.493 e. The van der Waals surface area contributed by atoms with Crippen molar-refractivity contribution in [1.82, 2.24) is 14.7 Å². The van der Waals surface area contributed by atoms with Crippen LogP contribution in [0.1, 0.15) is 48.3 Å². The van der Waals surface area contributed by atoms with Crippen LogP contribution in [0.2, 0.25) is 5.02 Å². The molecule has 0 aliphatic carbocycles. The average molecular weight is 611 g/mol. The maximum Gasteiger partial charge on any atom is 0.321 e. The van der Waals surface area contributed by atoms with Crippen LogP contribution in [0.4, 0.5) is 10.5 Å². The van der Waals surface area contributed by atoms with E-state index < -0.39 is 0 Å². The molecule has 3 amide bonds. The first kappa shape index (κ1) is 30.2. The quantitative estimate of drug-likeness (QED) is 0.317. The summed E-state index contributed by atoms with van der Waals surface area (Å²) in [4.78, 5) is 35.8. The number of amides is 3. The second-order valence-electron chi connectivity index (χ2n) is 11.0. The molecule has 2 aliphatic rings. The van der Waals surface area contributed by atoms with Crippen molar-refractivity contribution in [2.45, 2.75) is 51.7 Å². The van der Waals surface area contributed by atoms with Crippen molar-refractivity contribution >= 4 is 40.6 Å². The van der Waals surface area contributed by atoms with Crippen LogP contribution in [0, 0.1) is 0 Å². The van der Waals surface area contributed by atoms with E-state index in [1.54, 1.807) is 42.6 Å². The second-order valence-corrected chi connectivity index (χ2v) is 12.6. The van der Waals surface area contributed by atoms with E-state index in [1.807, 2.05) is 29.2 Å². The van der Waals surface area contributed by atoms with Crippen LogP contribution in [0.3, 0.4) is 0 Å². The summed E-state index contributed by atoms with van der Waals surface area (Å²) in [7, 11) is 3.09. The predicted molar refractivity (Wildman–Crippen MR) is 169 cm³/mol. The summed E-state index contributed by atoms with van der Waals surface area (Å²) in [5.74, 6) is 0.806. The van der Waals surface area contributed by atoms with Gasteiger partial charge < -0.3 is 24.6 Å². The minimum absolute atomic E-state index is 0.108. The highest BCUT2D eigenvalue weighted by Gasteiger charge is 2.32. The van der Waals surface area contributed by atoms with E-state index in [9.17, 15) is 9.59 Å². The fraction of sp³-hybridized carbons (Fsp3) is 0.438. The fourth-order valence-corrected chi connectivity index (χ4v) is 7.30. The number of ether oxygens (including phenoxy) is 2. The lowest BCUT2D eigenvalue weighted by molar-refractivity contribution is 0.0511.